The van der Waals surface area contributed by atoms with E-state index in [1.54, 1.807) is 0 Å². The Morgan fingerprint density at radius 1 is 1.21 bits per heavy atom. The molecule has 2 saturated carbocycles. The molecule has 0 atom stereocenters. The van der Waals surface area contributed by atoms with Gasteiger partial charge in [0.1, 0.15) is 0 Å². The van der Waals surface area contributed by atoms with Crippen LogP contribution in [0.2, 0.25) is 0 Å². The van der Waals surface area contributed by atoms with Crippen molar-refractivity contribution < 1.29 is 4.74 Å². The second-order valence-electron chi connectivity index (χ2n) is 4.36. The predicted octanol–water partition coefficient (Wildman–Crippen LogP) is 1.71. The van der Waals surface area contributed by atoms with Crippen molar-refractivity contribution in [2.24, 2.45) is 16.6 Å². The molecule has 0 aromatic rings. The second-order valence-corrected chi connectivity index (χ2v) is 4.36. The summed E-state index contributed by atoms with van der Waals surface area (Å²) in [5.74, 6) is 1.45. The van der Waals surface area contributed by atoms with Crippen molar-refractivity contribution in [2.75, 3.05) is 13.2 Å². The smallest absolute Gasteiger partial charge is 0.0969 e. The molecule has 80 valence electrons. The molecule has 0 bridgehead atoms. The van der Waals surface area contributed by atoms with Crippen LogP contribution in [0.25, 0.3) is 0 Å². The Bertz CT molecular complexity index is 205. The van der Waals surface area contributed by atoms with Crippen LogP contribution >= 0.6 is 0 Å². The summed E-state index contributed by atoms with van der Waals surface area (Å²) in [6.45, 7) is 1.50. The lowest BCUT2D eigenvalue weighted by Gasteiger charge is -2.09. The van der Waals surface area contributed by atoms with Gasteiger partial charge in [0, 0.05) is 5.92 Å². The highest BCUT2D eigenvalue weighted by Gasteiger charge is 2.25. The van der Waals surface area contributed by atoms with E-state index in [4.69, 9.17) is 10.5 Å². The van der Waals surface area contributed by atoms with Gasteiger partial charge in [-0.25, -0.2) is 0 Å². The monoisotopic (exact) mass is 196 g/mol. The van der Waals surface area contributed by atoms with Gasteiger partial charge in [0.25, 0.3) is 0 Å². The second kappa shape index (κ2) is 4.78. The molecule has 2 rings (SSSR count). The van der Waals surface area contributed by atoms with E-state index in [-0.39, 0.29) is 0 Å². The third kappa shape index (κ3) is 2.98. The lowest BCUT2D eigenvalue weighted by atomic mass is 10.3. The number of ether oxygens (including phenoxy) is 1. The summed E-state index contributed by atoms with van der Waals surface area (Å²) in [4.78, 5) is 4.32. The fourth-order valence-corrected chi connectivity index (χ4v) is 1.96. The number of rotatable bonds is 5. The van der Waals surface area contributed by atoms with Crippen molar-refractivity contribution in [3.63, 3.8) is 0 Å². The summed E-state index contributed by atoms with van der Waals surface area (Å²) in [7, 11) is 0. The molecule has 0 radical (unpaired) electrons. The molecule has 0 aromatic heterocycles. The highest BCUT2D eigenvalue weighted by atomic mass is 16.5. The van der Waals surface area contributed by atoms with Crippen LogP contribution in [0.4, 0.5) is 0 Å². The number of nitrogens with two attached hydrogens (primary N) is 1. The summed E-state index contributed by atoms with van der Waals surface area (Å²) >= 11 is 0. The zero-order chi connectivity index (χ0) is 9.80. The third-order valence-corrected chi connectivity index (χ3v) is 3.04. The largest absolute Gasteiger partial charge is 0.387 e. The molecule has 3 heteroatoms. The Balaban J connectivity index is 1.55. The van der Waals surface area contributed by atoms with E-state index in [2.05, 4.69) is 4.99 Å². The van der Waals surface area contributed by atoms with Crippen LogP contribution in [0.1, 0.15) is 38.5 Å². The third-order valence-electron chi connectivity index (χ3n) is 3.04. The maximum Gasteiger partial charge on any atom is 0.0969 e. The minimum Gasteiger partial charge on any atom is -0.387 e. The predicted molar refractivity (Wildman–Crippen MR) is 57.4 cm³/mol. The number of hydrogen-bond donors (Lipinski definition) is 1. The summed E-state index contributed by atoms with van der Waals surface area (Å²) in [5, 5.41) is 0. The lowest BCUT2D eigenvalue weighted by molar-refractivity contribution is 0.0643. The molecule has 2 fully saturated rings. The first kappa shape index (κ1) is 9.97. The standard InChI is InChI=1S/C11H20N2O/c12-11(9-5-6-9)13-7-8-14-10-3-1-2-4-10/h9-10H,1-8H2,(H2,12,13). The van der Waals surface area contributed by atoms with Crippen LogP contribution in [0, 0.1) is 5.92 Å². The Hall–Kier alpha value is -0.570. The molecule has 0 aromatic carbocycles. The maximum atomic E-state index is 5.77. The fourth-order valence-electron chi connectivity index (χ4n) is 1.96. The van der Waals surface area contributed by atoms with Crippen LogP contribution in [0.15, 0.2) is 4.99 Å². The number of amidine groups is 1. The van der Waals surface area contributed by atoms with E-state index < -0.39 is 0 Å². The van der Waals surface area contributed by atoms with Gasteiger partial charge >= 0.3 is 0 Å². The van der Waals surface area contributed by atoms with Crippen molar-refractivity contribution in [2.45, 2.75) is 44.6 Å². The SMILES string of the molecule is NC(=NCCOC1CCCC1)C1CC1. The van der Waals surface area contributed by atoms with Gasteiger partial charge in [0.2, 0.25) is 0 Å². The van der Waals surface area contributed by atoms with Crippen LogP contribution in [0.5, 0.6) is 0 Å². The van der Waals surface area contributed by atoms with Crippen molar-refractivity contribution in [1.29, 1.82) is 0 Å². The Kier molecular flexibility index (Phi) is 3.40. The molecule has 2 aliphatic rings. The van der Waals surface area contributed by atoms with Gasteiger partial charge < -0.3 is 10.5 Å². The van der Waals surface area contributed by atoms with Crippen molar-refractivity contribution >= 4 is 5.84 Å². The molecule has 0 aliphatic heterocycles. The van der Waals surface area contributed by atoms with E-state index in [9.17, 15) is 0 Å². The van der Waals surface area contributed by atoms with Crippen molar-refractivity contribution in [3.8, 4) is 0 Å². The topological polar surface area (TPSA) is 47.6 Å². The fraction of sp³-hybridized carbons (Fsp3) is 0.909. The Morgan fingerprint density at radius 3 is 2.57 bits per heavy atom. The zero-order valence-corrected chi connectivity index (χ0v) is 8.74. The van der Waals surface area contributed by atoms with Gasteiger partial charge in [-0.3, -0.25) is 4.99 Å². The highest BCUT2D eigenvalue weighted by Crippen LogP contribution is 2.28. The zero-order valence-electron chi connectivity index (χ0n) is 8.74. The van der Waals surface area contributed by atoms with E-state index in [1.807, 2.05) is 0 Å². The molecule has 2 N–H and O–H groups in total. The normalized spacial score (nSPS) is 24.4. The van der Waals surface area contributed by atoms with Crippen LogP contribution in [-0.2, 0) is 4.74 Å². The van der Waals surface area contributed by atoms with Crippen LogP contribution in [0.3, 0.4) is 0 Å². The molecule has 0 amide bonds. The highest BCUT2D eigenvalue weighted by molar-refractivity contribution is 5.84. The summed E-state index contributed by atoms with van der Waals surface area (Å²) in [5.41, 5.74) is 5.77. The van der Waals surface area contributed by atoms with E-state index in [0.29, 0.717) is 12.0 Å². The van der Waals surface area contributed by atoms with Crippen LogP contribution < -0.4 is 5.73 Å². The maximum absolute atomic E-state index is 5.77. The molecule has 0 heterocycles. The molecule has 0 unspecified atom stereocenters. The number of hydrogen-bond acceptors (Lipinski definition) is 2. The summed E-state index contributed by atoms with van der Waals surface area (Å²) < 4.78 is 5.69. The average molecular weight is 196 g/mol. The van der Waals surface area contributed by atoms with Gasteiger partial charge in [-0.15, -0.1) is 0 Å². The van der Waals surface area contributed by atoms with Gasteiger partial charge in [-0.2, -0.15) is 0 Å². The van der Waals surface area contributed by atoms with E-state index in [1.165, 1.54) is 38.5 Å². The van der Waals surface area contributed by atoms with Crippen LogP contribution in [-0.4, -0.2) is 25.1 Å². The molecule has 3 nitrogen and oxygen atoms in total. The minimum atomic E-state index is 0.507. The van der Waals surface area contributed by atoms with Gasteiger partial charge in [0.15, 0.2) is 0 Å². The molecular formula is C11H20N2O. The van der Waals surface area contributed by atoms with E-state index in [0.717, 1.165) is 19.0 Å². The number of aliphatic imine (C=N–C) groups is 1. The summed E-state index contributed by atoms with van der Waals surface area (Å²) in [6.07, 6.45) is 8.12. The first-order valence-corrected chi connectivity index (χ1v) is 5.77. The first-order chi connectivity index (χ1) is 6.86. The molecule has 14 heavy (non-hydrogen) atoms. The summed E-state index contributed by atoms with van der Waals surface area (Å²) in [6, 6.07) is 0. The molecule has 2 aliphatic carbocycles. The molecule has 0 spiro atoms. The van der Waals surface area contributed by atoms with Gasteiger partial charge in [0.05, 0.1) is 25.1 Å². The Morgan fingerprint density at radius 2 is 1.93 bits per heavy atom. The quantitative estimate of drug-likeness (QED) is 0.413. The molecular weight excluding hydrogens is 176 g/mol. The van der Waals surface area contributed by atoms with Gasteiger partial charge in [-0.05, 0) is 25.7 Å². The van der Waals surface area contributed by atoms with Crippen molar-refractivity contribution in [1.82, 2.24) is 0 Å². The lowest BCUT2D eigenvalue weighted by Crippen LogP contribution is -2.17. The number of nitrogens with zero attached hydrogens (tertiary/aromatic N) is 1. The van der Waals surface area contributed by atoms with Gasteiger partial charge in [-0.1, -0.05) is 12.8 Å². The molecule has 0 saturated heterocycles. The van der Waals surface area contributed by atoms with E-state index >= 15 is 0 Å². The first-order valence-electron chi connectivity index (χ1n) is 5.77. The van der Waals surface area contributed by atoms with Crippen molar-refractivity contribution in [3.05, 3.63) is 0 Å². The minimum absolute atomic E-state index is 0.507. The Labute approximate surface area is 85.7 Å². The average Bonchev–Trinajstić information content (AvgIpc) is 2.92.